The van der Waals surface area contributed by atoms with Gasteiger partial charge in [-0.15, -0.1) is 0 Å². The van der Waals surface area contributed by atoms with Gasteiger partial charge in [0.05, 0.1) is 21.8 Å². The van der Waals surface area contributed by atoms with E-state index in [1.165, 1.54) is 0 Å². The zero-order chi connectivity index (χ0) is 12.0. The van der Waals surface area contributed by atoms with Gasteiger partial charge in [0, 0.05) is 12.0 Å². The number of oxime groups is 1. The van der Waals surface area contributed by atoms with Gasteiger partial charge >= 0.3 is 0 Å². The second-order valence-corrected chi connectivity index (χ2v) is 4.00. The summed E-state index contributed by atoms with van der Waals surface area (Å²) in [6, 6.07) is 7.06. The van der Waals surface area contributed by atoms with Gasteiger partial charge in [0.15, 0.2) is 0 Å². The summed E-state index contributed by atoms with van der Waals surface area (Å²) in [5.74, 6) is 0. The highest BCUT2D eigenvalue weighted by molar-refractivity contribution is 6.42. The maximum absolute atomic E-state index is 8.87. The average Bonchev–Trinajstić information content (AvgIpc) is 2.29. The first kappa shape index (κ1) is 12.8. The summed E-state index contributed by atoms with van der Waals surface area (Å²) < 4.78 is 0. The third kappa shape index (κ3) is 3.41. The van der Waals surface area contributed by atoms with Crippen LogP contribution in [0.5, 0.6) is 0 Å². The molecule has 0 aliphatic carbocycles. The molecule has 1 N–H and O–H groups in total. The Morgan fingerprint density at radius 1 is 1.38 bits per heavy atom. The van der Waals surface area contributed by atoms with Crippen molar-refractivity contribution in [2.24, 2.45) is 5.16 Å². The van der Waals surface area contributed by atoms with Crippen LogP contribution in [0.15, 0.2) is 23.4 Å². The van der Waals surface area contributed by atoms with Crippen molar-refractivity contribution in [3.8, 4) is 6.07 Å². The second kappa shape index (κ2) is 6.37. The fourth-order valence-corrected chi connectivity index (χ4v) is 1.56. The Kier molecular flexibility index (Phi) is 5.10. The molecular formula is C11H10Cl2N2O. The van der Waals surface area contributed by atoms with Crippen LogP contribution >= 0.6 is 23.2 Å². The Hall–Kier alpha value is -1.24. The lowest BCUT2D eigenvalue weighted by Gasteiger charge is -2.04. The third-order valence-electron chi connectivity index (χ3n) is 2.08. The summed E-state index contributed by atoms with van der Waals surface area (Å²) in [7, 11) is 0. The van der Waals surface area contributed by atoms with Crippen LogP contribution in [-0.2, 0) is 0 Å². The number of nitrogens with zero attached hydrogens (tertiary/aromatic N) is 2. The van der Waals surface area contributed by atoms with Crippen LogP contribution in [-0.4, -0.2) is 10.9 Å². The largest absolute Gasteiger partial charge is 0.411 e. The fourth-order valence-electron chi connectivity index (χ4n) is 1.26. The molecule has 3 nitrogen and oxygen atoms in total. The van der Waals surface area contributed by atoms with Crippen molar-refractivity contribution >= 4 is 28.9 Å². The van der Waals surface area contributed by atoms with Crippen molar-refractivity contribution in [3.63, 3.8) is 0 Å². The average molecular weight is 257 g/mol. The molecule has 0 saturated carbocycles. The highest BCUT2D eigenvalue weighted by Crippen LogP contribution is 2.23. The lowest BCUT2D eigenvalue weighted by Crippen LogP contribution is -2.01. The highest BCUT2D eigenvalue weighted by atomic mass is 35.5. The van der Waals surface area contributed by atoms with Crippen LogP contribution in [0.25, 0.3) is 0 Å². The van der Waals surface area contributed by atoms with Crippen LogP contribution in [0, 0.1) is 11.3 Å². The third-order valence-corrected chi connectivity index (χ3v) is 2.81. The minimum atomic E-state index is 0.417. The van der Waals surface area contributed by atoms with Crippen LogP contribution < -0.4 is 0 Å². The summed E-state index contributed by atoms with van der Waals surface area (Å²) in [5, 5.41) is 21.4. The quantitative estimate of drug-likeness (QED) is 0.385. The summed E-state index contributed by atoms with van der Waals surface area (Å²) >= 11 is 11.6. The summed E-state index contributed by atoms with van der Waals surface area (Å²) in [6.45, 7) is 0. The monoisotopic (exact) mass is 256 g/mol. The highest BCUT2D eigenvalue weighted by Gasteiger charge is 2.06. The molecule has 84 valence electrons. The lowest BCUT2D eigenvalue weighted by molar-refractivity contribution is 0.318. The Morgan fingerprint density at radius 2 is 2.12 bits per heavy atom. The van der Waals surface area contributed by atoms with Gasteiger partial charge in [0.25, 0.3) is 0 Å². The maximum atomic E-state index is 8.87. The van der Waals surface area contributed by atoms with E-state index in [4.69, 9.17) is 33.7 Å². The fraction of sp³-hybridized carbons (Fsp3) is 0.273. The van der Waals surface area contributed by atoms with Crippen molar-refractivity contribution in [2.45, 2.75) is 19.3 Å². The van der Waals surface area contributed by atoms with E-state index in [0.29, 0.717) is 35.0 Å². The maximum Gasteiger partial charge on any atom is 0.0868 e. The van der Waals surface area contributed by atoms with Crippen molar-refractivity contribution < 1.29 is 5.21 Å². The summed E-state index contributed by atoms with van der Waals surface area (Å²) in [4.78, 5) is 0. The molecular weight excluding hydrogens is 247 g/mol. The number of benzene rings is 1. The first-order chi connectivity index (χ1) is 7.69. The van der Waals surface area contributed by atoms with Gasteiger partial charge in [0.1, 0.15) is 0 Å². The van der Waals surface area contributed by atoms with Crippen molar-refractivity contribution in [1.29, 1.82) is 5.26 Å². The molecule has 0 saturated heterocycles. The molecule has 16 heavy (non-hydrogen) atoms. The van der Waals surface area contributed by atoms with Gasteiger partial charge in [-0.2, -0.15) is 5.26 Å². The Bertz CT molecular complexity index is 438. The van der Waals surface area contributed by atoms with E-state index in [9.17, 15) is 0 Å². The molecule has 0 fully saturated rings. The summed E-state index contributed by atoms with van der Waals surface area (Å²) in [5.41, 5.74) is 1.23. The summed E-state index contributed by atoms with van der Waals surface area (Å²) in [6.07, 6.45) is 1.61. The van der Waals surface area contributed by atoms with E-state index >= 15 is 0 Å². The number of halogens is 2. The van der Waals surface area contributed by atoms with Crippen molar-refractivity contribution in [3.05, 3.63) is 33.8 Å². The molecule has 1 aromatic rings. The zero-order valence-electron chi connectivity index (χ0n) is 8.45. The Labute approximate surface area is 104 Å². The minimum Gasteiger partial charge on any atom is -0.411 e. The molecule has 0 unspecified atom stereocenters. The second-order valence-electron chi connectivity index (χ2n) is 3.19. The zero-order valence-corrected chi connectivity index (χ0v) is 9.96. The number of nitriles is 1. The molecule has 0 bridgehead atoms. The molecule has 0 aromatic heterocycles. The van der Waals surface area contributed by atoms with Crippen LogP contribution in [0.4, 0.5) is 0 Å². The van der Waals surface area contributed by atoms with Crippen LogP contribution in [0.3, 0.4) is 0 Å². The Balaban J connectivity index is 2.81. The minimum absolute atomic E-state index is 0.417. The van der Waals surface area contributed by atoms with Crippen molar-refractivity contribution in [2.75, 3.05) is 0 Å². The number of hydrogen-bond acceptors (Lipinski definition) is 3. The molecule has 5 heteroatoms. The molecule has 0 spiro atoms. The van der Waals surface area contributed by atoms with Gasteiger partial charge in [0.2, 0.25) is 0 Å². The Morgan fingerprint density at radius 3 is 2.69 bits per heavy atom. The van der Waals surface area contributed by atoms with E-state index in [-0.39, 0.29) is 0 Å². The SMILES string of the molecule is N#CCCCC(=NO)c1ccc(Cl)c(Cl)c1. The van der Waals surface area contributed by atoms with E-state index < -0.39 is 0 Å². The van der Waals surface area contributed by atoms with E-state index in [1.54, 1.807) is 18.2 Å². The standard InChI is InChI=1S/C11H10Cl2N2O/c12-9-5-4-8(7-10(9)13)11(15-16)3-1-2-6-14/h4-5,7,16H,1-3H2. The normalized spacial score (nSPS) is 11.2. The van der Waals surface area contributed by atoms with Gasteiger partial charge in [-0.3, -0.25) is 0 Å². The lowest BCUT2D eigenvalue weighted by atomic mass is 10.1. The van der Waals surface area contributed by atoms with E-state index in [0.717, 1.165) is 5.56 Å². The number of unbranched alkanes of at least 4 members (excludes halogenated alkanes) is 1. The van der Waals surface area contributed by atoms with E-state index in [2.05, 4.69) is 5.16 Å². The number of rotatable bonds is 4. The van der Waals surface area contributed by atoms with Gasteiger partial charge in [-0.1, -0.05) is 34.4 Å². The molecule has 1 aromatic carbocycles. The molecule has 0 amide bonds. The van der Waals surface area contributed by atoms with Crippen LogP contribution in [0.1, 0.15) is 24.8 Å². The smallest absolute Gasteiger partial charge is 0.0868 e. The predicted octanol–water partition coefficient (Wildman–Crippen LogP) is 3.87. The molecule has 0 atom stereocenters. The topological polar surface area (TPSA) is 56.4 Å². The van der Waals surface area contributed by atoms with Gasteiger partial charge in [-0.25, -0.2) is 0 Å². The van der Waals surface area contributed by atoms with Crippen molar-refractivity contribution in [1.82, 2.24) is 0 Å². The molecule has 0 radical (unpaired) electrons. The van der Waals surface area contributed by atoms with Crippen LogP contribution in [0.2, 0.25) is 10.0 Å². The van der Waals surface area contributed by atoms with Gasteiger partial charge < -0.3 is 5.21 Å². The first-order valence-electron chi connectivity index (χ1n) is 4.72. The predicted molar refractivity (Wildman–Crippen MR) is 64.2 cm³/mol. The van der Waals surface area contributed by atoms with E-state index in [1.807, 2.05) is 6.07 Å². The van der Waals surface area contributed by atoms with Gasteiger partial charge in [-0.05, 0) is 25.0 Å². The molecule has 0 aliphatic rings. The number of hydrogen-bond donors (Lipinski definition) is 1. The molecule has 1 rings (SSSR count). The molecule has 0 heterocycles. The molecule has 0 aliphatic heterocycles. The first-order valence-corrected chi connectivity index (χ1v) is 5.48.